The Labute approximate surface area is 234 Å². The van der Waals surface area contributed by atoms with Gasteiger partial charge in [0, 0.05) is 28.4 Å². The average Bonchev–Trinajstić information content (AvgIpc) is 3.35. The molecular weight excluding hydrogens is 557 g/mol. The topological polar surface area (TPSA) is 143 Å². The number of amides is 1. The minimum absolute atomic E-state index is 0.0723. The molecule has 9 nitrogen and oxygen atoms in total. The minimum Gasteiger partial charge on any atom is -0.384 e. The number of benzene rings is 3. The predicted molar refractivity (Wildman–Crippen MR) is 149 cm³/mol. The molecule has 41 heavy (non-hydrogen) atoms. The number of carbonyl (C=O) groups excluding carboxylic acids is 1. The zero-order valence-electron chi connectivity index (χ0n) is 22.2. The molecule has 3 aromatic carbocycles. The van der Waals surface area contributed by atoms with Crippen LogP contribution < -0.4 is 15.8 Å². The number of nitrogens with one attached hydrogen (secondary N) is 3. The van der Waals surface area contributed by atoms with E-state index in [0.29, 0.717) is 17.2 Å². The van der Waals surface area contributed by atoms with Gasteiger partial charge in [-0.2, -0.15) is 18.3 Å². The Balaban J connectivity index is 1.65. The van der Waals surface area contributed by atoms with E-state index in [1.165, 1.54) is 42.5 Å². The molecular formula is C28H27F3N6O3S. The molecule has 1 amide bonds. The SMILES string of the molecule is CC(C)(C)NS(=O)(=O)c1ccccc1-c1ccc(NC(=O)c2cc(C(F)(F)F)nn2-c2cccc(C(=N)N)c2)cc1. The van der Waals surface area contributed by atoms with Crippen molar-refractivity contribution in [3.8, 4) is 16.8 Å². The number of sulfonamides is 1. The summed E-state index contributed by atoms with van der Waals surface area (Å²) in [7, 11) is -3.85. The summed E-state index contributed by atoms with van der Waals surface area (Å²) in [4.78, 5) is 13.2. The van der Waals surface area contributed by atoms with Crippen molar-refractivity contribution in [1.29, 1.82) is 5.41 Å². The van der Waals surface area contributed by atoms with Gasteiger partial charge in [0.1, 0.15) is 11.5 Å². The summed E-state index contributed by atoms with van der Waals surface area (Å²) in [6, 6.07) is 19.1. The lowest BCUT2D eigenvalue weighted by atomic mass is 10.1. The van der Waals surface area contributed by atoms with Gasteiger partial charge in [0.25, 0.3) is 5.91 Å². The first-order valence-electron chi connectivity index (χ1n) is 12.2. The van der Waals surface area contributed by atoms with Gasteiger partial charge in [-0.3, -0.25) is 10.2 Å². The third kappa shape index (κ3) is 6.81. The van der Waals surface area contributed by atoms with Crippen LogP contribution in [0.4, 0.5) is 18.9 Å². The lowest BCUT2D eigenvalue weighted by Crippen LogP contribution is -2.40. The summed E-state index contributed by atoms with van der Waals surface area (Å²) in [5.74, 6) is -1.17. The fourth-order valence-corrected chi connectivity index (χ4v) is 5.66. The zero-order valence-corrected chi connectivity index (χ0v) is 23.1. The molecule has 0 radical (unpaired) electrons. The van der Waals surface area contributed by atoms with Gasteiger partial charge in [0.05, 0.1) is 10.6 Å². The van der Waals surface area contributed by atoms with E-state index in [9.17, 15) is 26.4 Å². The van der Waals surface area contributed by atoms with E-state index >= 15 is 0 Å². The molecule has 4 aromatic rings. The maximum absolute atomic E-state index is 13.5. The van der Waals surface area contributed by atoms with E-state index in [1.807, 2.05) is 0 Å². The minimum atomic E-state index is -4.81. The third-order valence-corrected chi connectivity index (χ3v) is 7.52. The van der Waals surface area contributed by atoms with E-state index in [4.69, 9.17) is 11.1 Å². The van der Waals surface area contributed by atoms with Gasteiger partial charge < -0.3 is 11.1 Å². The first-order valence-corrected chi connectivity index (χ1v) is 13.7. The quantitative estimate of drug-likeness (QED) is 0.175. The molecule has 0 atom stereocenters. The van der Waals surface area contributed by atoms with E-state index < -0.39 is 39.0 Å². The summed E-state index contributed by atoms with van der Waals surface area (Å²) in [6.45, 7) is 5.19. The highest BCUT2D eigenvalue weighted by molar-refractivity contribution is 7.89. The Hall–Kier alpha value is -4.49. The maximum Gasteiger partial charge on any atom is 0.435 e. The molecule has 0 saturated heterocycles. The van der Waals surface area contributed by atoms with Gasteiger partial charge in [0.2, 0.25) is 10.0 Å². The maximum atomic E-state index is 13.5. The molecule has 5 N–H and O–H groups in total. The number of alkyl halides is 3. The van der Waals surface area contributed by atoms with E-state index in [0.717, 1.165) is 4.68 Å². The smallest absolute Gasteiger partial charge is 0.384 e. The number of nitrogen functional groups attached to an aromatic ring is 1. The van der Waals surface area contributed by atoms with Crippen LogP contribution in [0.2, 0.25) is 0 Å². The van der Waals surface area contributed by atoms with Crippen LogP contribution in [0.5, 0.6) is 0 Å². The molecule has 0 spiro atoms. The van der Waals surface area contributed by atoms with Crippen molar-refractivity contribution >= 4 is 27.5 Å². The van der Waals surface area contributed by atoms with Crippen molar-refractivity contribution in [1.82, 2.24) is 14.5 Å². The van der Waals surface area contributed by atoms with Crippen molar-refractivity contribution in [2.75, 3.05) is 5.32 Å². The third-order valence-electron chi connectivity index (χ3n) is 5.71. The molecule has 0 saturated carbocycles. The largest absolute Gasteiger partial charge is 0.435 e. The molecule has 4 rings (SSSR count). The fraction of sp³-hybridized carbons (Fsp3) is 0.179. The Bertz CT molecular complexity index is 1720. The van der Waals surface area contributed by atoms with E-state index in [2.05, 4.69) is 15.1 Å². The Morgan fingerprint density at radius 3 is 2.22 bits per heavy atom. The number of nitrogens with two attached hydrogens (primary N) is 1. The number of halogens is 3. The van der Waals surface area contributed by atoms with Gasteiger partial charge in [-0.25, -0.2) is 17.8 Å². The number of nitrogens with zero attached hydrogens (tertiary/aromatic N) is 2. The second kappa shape index (κ2) is 10.8. The molecule has 0 aliphatic heterocycles. The normalized spacial score (nSPS) is 12.2. The summed E-state index contributed by atoms with van der Waals surface area (Å²) >= 11 is 0. The monoisotopic (exact) mass is 584 g/mol. The van der Waals surface area contributed by atoms with Crippen LogP contribution in [-0.2, 0) is 16.2 Å². The first kappa shape index (κ1) is 29.5. The number of anilines is 1. The fourth-order valence-electron chi connectivity index (χ4n) is 4.01. The number of amidine groups is 1. The Morgan fingerprint density at radius 1 is 0.951 bits per heavy atom. The second-order valence-electron chi connectivity index (χ2n) is 10.2. The lowest BCUT2D eigenvalue weighted by Gasteiger charge is -2.21. The Kier molecular flexibility index (Phi) is 7.78. The number of carbonyl (C=O) groups is 1. The molecule has 1 aromatic heterocycles. The summed E-state index contributed by atoms with van der Waals surface area (Å²) in [5.41, 5.74) is 4.72. The summed E-state index contributed by atoms with van der Waals surface area (Å²) in [6.07, 6.45) is -4.81. The standard InChI is InChI=1S/C28H27F3N6O3S/c1-27(2,3)36-41(39,40)23-10-5-4-9-21(23)17-11-13-19(14-12-17)34-26(38)22-16-24(28(29,30)31)35-37(22)20-8-6-7-18(15-20)25(32)33/h4-16,36H,1-3H3,(H3,32,33)(H,34,38). The summed E-state index contributed by atoms with van der Waals surface area (Å²) < 4.78 is 70.0. The van der Waals surface area contributed by atoms with Gasteiger partial charge in [0.15, 0.2) is 5.69 Å². The van der Waals surface area contributed by atoms with Crippen LogP contribution in [0.3, 0.4) is 0 Å². The van der Waals surface area contributed by atoms with Crippen LogP contribution in [0.25, 0.3) is 16.8 Å². The second-order valence-corrected chi connectivity index (χ2v) is 11.8. The molecule has 13 heteroatoms. The van der Waals surface area contributed by atoms with Crippen LogP contribution in [0, 0.1) is 5.41 Å². The zero-order chi connectivity index (χ0) is 30.2. The molecule has 0 bridgehead atoms. The van der Waals surface area contributed by atoms with Crippen molar-refractivity contribution in [3.63, 3.8) is 0 Å². The number of aromatic nitrogens is 2. The molecule has 0 unspecified atom stereocenters. The number of rotatable bonds is 7. The van der Waals surface area contributed by atoms with Gasteiger partial charge >= 0.3 is 6.18 Å². The van der Waals surface area contributed by atoms with E-state index in [-0.39, 0.29) is 27.7 Å². The van der Waals surface area contributed by atoms with Crippen LogP contribution >= 0.6 is 0 Å². The average molecular weight is 585 g/mol. The predicted octanol–water partition coefficient (Wildman–Crippen LogP) is 5.17. The van der Waals surface area contributed by atoms with Crippen LogP contribution in [0.1, 0.15) is 42.5 Å². The molecule has 1 heterocycles. The first-order chi connectivity index (χ1) is 19.0. The Morgan fingerprint density at radius 2 is 1.61 bits per heavy atom. The van der Waals surface area contributed by atoms with Crippen LogP contribution in [0.15, 0.2) is 83.8 Å². The van der Waals surface area contributed by atoms with Crippen molar-refractivity contribution in [2.24, 2.45) is 5.73 Å². The molecule has 0 aliphatic rings. The highest BCUT2D eigenvalue weighted by Crippen LogP contribution is 2.31. The van der Waals surface area contributed by atoms with Crippen LogP contribution in [-0.4, -0.2) is 35.5 Å². The summed E-state index contributed by atoms with van der Waals surface area (Å²) in [5, 5.41) is 13.7. The highest BCUT2D eigenvalue weighted by atomic mass is 32.2. The van der Waals surface area contributed by atoms with E-state index in [1.54, 1.807) is 51.1 Å². The van der Waals surface area contributed by atoms with Crippen molar-refractivity contribution in [3.05, 3.63) is 95.8 Å². The van der Waals surface area contributed by atoms with Gasteiger partial charge in [-0.05, 0) is 56.7 Å². The van der Waals surface area contributed by atoms with Gasteiger partial charge in [-0.1, -0.05) is 42.5 Å². The lowest BCUT2D eigenvalue weighted by molar-refractivity contribution is -0.141. The van der Waals surface area contributed by atoms with Crippen molar-refractivity contribution in [2.45, 2.75) is 37.4 Å². The number of hydrogen-bond acceptors (Lipinski definition) is 5. The number of hydrogen-bond donors (Lipinski definition) is 4. The molecule has 214 valence electrons. The highest BCUT2D eigenvalue weighted by Gasteiger charge is 2.36. The van der Waals surface area contributed by atoms with Gasteiger partial charge in [-0.15, -0.1) is 0 Å². The van der Waals surface area contributed by atoms with Crippen molar-refractivity contribution < 1.29 is 26.4 Å². The molecule has 0 aliphatic carbocycles. The molecule has 0 fully saturated rings.